The third-order valence-electron chi connectivity index (χ3n) is 5.72. The number of carboxylic acids is 1. The lowest BCUT2D eigenvalue weighted by atomic mass is 9.95. The Balaban J connectivity index is 1.56. The molecule has 0 saturated heterocycles. The van der Waals surface area contributed by atoms with E-state index in [1.165, 1.54) is 16.7 Å². The molecule has 1 aromatic heterocycles. The Morgan fingerprint density at radius 2 is 1.59 bits per heavy atom. The van der Waals surface area contributed by atoms with Gasteiger partial charge in [0.05, 0.1) is 0 Å². The number of aryl methyl sites for hydroxylation is 4. The highest BCUT2D eigenvalue weighted by Crippen LogP contribution is 2.31. The van der Waals surface area contributed by atoms with Crippen molar-refractivity contribution < 1.29 is 14.4 Å². The Kier molecular flexibility index (Phi) is 6.17. The maximum absolute atomic E-state index is 10.7. The van der Waals surface area contributed by atoms with Crippen LogP contribution in [0.2, 0.25) is 0 Å². The van der Waals surface area contributed by atoms with Crippen LogP contribution in [0, 0.1) is 20.8 Å². The molecule has 0 amide bonds. The molecule has 0 radical (unpaired) electrons. The highest BCUT2D eigenvalue weighted by Gasteiger charge is 2.14. The van der Waals surface area contributed by atoms with Gasteiger partial charge in [-0.25, -0.2) is 0 Å². The number of hydrogen-bond acceptors (Lipinski definition) is 4. The van der Waals surface area contributed by atoms with Gasteiger partial charge >= 0.3 is 5.97 Å². The standard InChI is InChI=1S/C27H26N2O3/c1-17-7-4-5-9-22(17)23-14-12-21(16-19(23)3)27-28-26(29-32-27)24-13-11-20(15-18(24)2)8-6-10-25(30)31/h4-5,7,9,11-16H,6,8,10H2,1-3H3,(H,30,31). The van der Waals surface area contributed by atoms with Crippen molar-refractivity contribution in [2.24, 2.45) is 0 Å². The van der Waals surface area contributed by atoms with Crippen LogP contribution in [0.4, 0.5) is 0 Å². The van der Waals surface area contributed by atoms with Gasteiger partial charge in [-0.15, -0.1) is 0 Å². The molecule has 0 saturated carbocycles. The summed E-state index contributed by atoms with van der Waals surface area (Å²) < 4.78 is 5.58. The van der Waals surface area contributed by atoms with Crippen molar-refractivity contribution >= 4 is 5.97 Å². The first-order chi connectivity index (χ1) is 15.4. The second-order valence-electron chi connectivity index (χ2n) is 8.16. The quantitative estimate of drug-likeness (QED) is 0.370. The van der Waals surface area contributed by atoms with E-state index >= 15 is 0 Å². The zero-order valence-corrected chi connectivity index (χ0v) is 18.6. The van der Waals surface area contributed by atoms with E-state index in [1.54, 1.807) is 0 Å². The van der Waals surface area contributed by atoms with Crippen LogP contribution in [0.5, 0.6) is 0 Å². The molecule has 0 aliphatic heterocycles. The predicted molar refractivity (Wildman–Crippen MR) is 125 cm³/mol. The van der Waals surface area contributed by atoms with E-state index in [-0.39, 0.29) is 6.42 Å². The number of nitrogens with zero attached hydrogens (tertiary/aromatic N) is 2. The molecule has 3 aromatic carbocycles. The lowest BCUT2D eigenvalue weighted by Crippen LogP contribution is -1.96. The normalized spacial score (nSPS) is 11.0. The first-order valence-corrected chi connectivity index (χ1v) is 10.7. The molecule has 0 bridgehead atoms. The second-order valence-corrected chi connectivity index (χ2v) is 8.16. The first-order valence-electron chi connectivity index (χ1n) is 10.7. The summed E-state index contributed by atoms with van der Waals surface area (Å²) in [6.45, 7) is 6.22. The number of carboxylic acid groups (broad SMARTS) is 1. The maximum atomic E-state index is 10.7. The van der Waals surface area contributed by atoms with Crippen LogP contribution in [0.1, 0.15) is 35.1 Å². The predicted octanol–water partition coefficient (Wildman–Crippen LogP) is 6.40. The van der Waals surface area contributed by atoms with Gasteiger partial charge in [0.2, 0.25) is 5.82 Å². The fraction of sp³-hybridized carbons (Fsp3) is 0.222. The molecule has 32 heavy (non-hydrogen) atoms. The Bertz CT molecular complexity index is 1270. The van der Waals surface area contributed by atoms with Crippen molar-refractivity contribution in [1.29, 1.82) is 0 Å². The summed E-state index contributed by atoms with van der Waals surface area (Å²) in [5.41, 5.74) is 8.76. The van der Waals surface area contributed by atoms with Crippen LogP contribution < -0.4 is 0 Å². The summed E-state index contributed by atoms with van der Waals surface area (Å²) in [7, 11) is 0. The molecule has 0 spiro atoms. The van der Waals surface area contributed by atoms with Gasteiger partial charge in [0.1, 0.15) is 0 Å². The number of rotatable bonds is 7. The summed E-state index contributed by atoms with van der Waals surface area (Å²) in [6, 6.07) is 20.6. The van der Waals surface area contributed by atoms with Crippen LogP contribution in [-0.2, 0) is 11.2 Å². The summed E-state index contributed by atoms with van der Waals surface area (Å²) in [5, 5.41) is 13.0. The molecule has 0 atom stereocenters. The monoisotopic (exact) mass is 426 g/mol. The van der Waals surface area contributed by atoms with Gasteiger partial charge < -0.3 is 9.63 Å². The third kappa shape index (κ3) is 4.62. The largest absolute Gasteiger partial charge is 0.481 e. The smallest absolute Gasteiger partial charge is 0.303 e. The van der Waals surface area contributed by atoms with Crippen molar-refractivity contribution in [3.63, 3.8) is 0 Å². The van der Waals surface area contributed by atoms with Crippen molar-refractivity contribution in [1.82, 2.24) is 10.1 Å². The molecule has 4 aromatic rings. The molecule has 4 rings (SSSR count). The summed E-state index contributed by atoms with van der Waals surface area (Å²) in [4.78, 5) is 15.3. The molecular formula is C27H26N2O3. The summed E-state index contributed by atoms with van der Waals surface area (Å²) in [6.07, 6.45) is 1.53. The molecule has 1 heterocycles. The summed E-state index contributed by atoms with van der Waals surface area (Å²) >= 11 is 0. The maximum Gasteiger partial charge on any atom is 0.303 e. The van der Waals surface area contributed by atoms with Crippen LogP contribution in [-0.4, -0.2) is 21.2 Å². The van der Waals surface area contributed by atoms with Gasteiger partial charge in [0.15, 0.2) is 0 Å². The number of aliphatic carboxylic acids is 1. The SMILES string of the molecule is Cc1cc(CCCC(=O)O)ccc1-c1noc(-c2ccc(-c3ccccc3C)c(C)c2)n1. The van der Waals surface area contributed by atoms with Gasteiger partial charge in [0.25, 0.3) is 5.89 Å². The average molecular weight is 427 g/mol. The molecule has 0 aliphatic carbocycles. The van der Waals surface area contributed by atoms with Crippen LogP contribution in [0.15, 0.2) is 65.2 Å². The van der Waals surface area contributed by atoms with E-state index in [2.05, 4.69) is 60.4 Å². The number of benzene rings is 3. The topological polar surface area (TPSA) is 76.2 Å². The number of hydrogen-bond donors (Lipinski definition) is 1. The van der Waals surface area contributed by atoms with E-state index < -0.39 is 5.97 Å². The van der Waals surface area contributed by atoms with E-state index in [1.807, 2.05) is 31.2 Å². The van der Waals surface area contributed by atoms with E-state index in [0.717, 1.165) is 34.2 Å². The minimum Gasteiger partial charge on any atom is -0.481 e. The molecule has 0 unspecified atom stereocenters. The van der Waals surface area contributed by atoms with E-state index in [4.69, 9.17) is 9.63 Å². The Labute approximate surface area is 187 Å². The van der Waals surface area contributed by atoms with Crippen LogP contribution in [0.3, 0.4) is 0 Å². The Morgan fingerprint density at radius 3 is 2.31 bits per heavy atom. The zero-order chi connectivity index (χ0) is 22.7. The highest BCUT2D eigenvalue weighted by atomic mass is 16.5. The third-order valence-corrected chi connectivity index (χ3v) is 5.72. The fourth-order valence-corrected chi connectivity index (χ4v) is 4.00. The van der Waals surface area contributed by atoms with Crippen LogP contribution in [0.25, 0.3) is 34.0 Å². The number of aromatic nitrogens is 2. The van der Waals surface area contributed by atoms with Gasteiger partial charge in [-0.1, -0.05) is 53.7 Å². The van der Waals surface area contributed by atoms with E-state index in [9.17, 15) is 4.79 Å². The lowest BCUT2D eigenvalue weighted by molar-refractivity contribution is -0.137. The van der Waals surface area contributed by atoms with Crippen molar-refractivity contribution in [2.75, 3.05) is 0 Å². The van der Waals surface area contributed by atoms with Gasteiger partial charge in [-0.2, -0.15) is 4.98 Å². The minimum absolute atomic E-state index is 0.178. The minimum atomic E-state index is -0.764. The van der Waals surface area contributed by atoms with Crippen LogP contribution >= 0.6 is 0 Å². The Hall–Kier alpha value is -3.73. The highest BCUT2D eigenvalue weighted by molar-refractivity contribution is 5.74. The molecule has 1 N–H and O–H groups in total. The van der Waals surface area contributed by atoms with Crippen molar-refractivity contribution in [3.8, 4) is 34.0 Å². The van der Waals surface area contributed by atoms with Gasteiger partial charge in [0, 0.05) is 17.5 Å². The van der Waals surface area contributed by atoms with Crippen molar-refractivity contribution in [3.05, 3.63) is 82.9 Å². The molecule has 0 fully saturated rings. The molecule has 162 valence electrons. The molecular weight excluding hydrogens is 400 g/mol. The van der Waals surface area contributed by atoms with Gasteiger partial charge in [-0.05, 0) is 79.1 Å². The number of carbonyl (C=O) groups is 1. The van der Waals surface area contributed by atoms with Crippen molar-refractivity contribution in [2.45, 2.75) is 40.0 Å². The van der Waals surface area contributed by atoms with Gasteiger partial charge in [-0.3, -0.25) is 4.79 Å². The summed E-state index contributed by atoms with van der Waals surface area (Å²) in [5.74, 6) is 0.277. The van der Waals surface area contributed by atoms with E-state index in [0.29, 0.717) is 18.1 Å². The lowest BCUT2D eigenvalue weighted by Gasteiger charge is -2.10. The average Bonchev–Trinajstić information content (AvgIpc) is 3.24. The molecule has 5 nitrogen and oxygen atoms in total. The zero-order valence-electron chi connectivity index (χ0n) is 18.6. The Morgan fingerprint density at radius 1 is 0.875 bits per heavy atom. The fourth-order valence-electron chi connectivity index (χ4n) is 4.00. The second kappa shape index (κ2) is 9.18. The first kappa shape index (κ1) is 21.5. The molecule has 0 aliphatic rings. The molecule has 5 heteroatoms.